The summed E-state index contributed by atoms with van der Waals surface area (Å²) in [6.45, 7) is 10.6. The van der Waals surface area contributed by atoms with Gasteiger partial charge in [-0.25, -0.2) is 4.98 Å². The Balaban J connectivity index is 2.01. The van der Waals surface area contributed by atoms with Crippen molar-refractivity contribution in [3.05, 3.63) is 51.0 Å². The lowest BCUT2D eigenvalue weighted by atomic mass is 10.1. The van der Waals surface area contributed by atoms with Crippen LogP contribution in [0.15, 0.2) is 24.3 Å². The molecule has 0 spiro atoms. The molecule has 21 heavy (non-hydrogen) atoms. The van der Waals surface area contributed by atoms with Crippen LogP contribution in [0.1, 0.15) is 46.6 Å². The van der Waals surface area contributed by atoms with Gasteiger partial charge in [-0.3, -0.25) is 0 Å². The van der Waals surface area contributed by atoms with Gasteiger partial charge < -0.3 is 10.1 Å². The largest absolute Gasteiger partial charge is 0.377 e. The Bertz CT molecular complexity index is 580. The highest BCUT2D eigenvalue weighted by Crippen LogP contribution is 2.24. The fraction of sp³-hybridized carbons (Fsp3) is 0.471. The molecule has 0 radical (unpaired) electrons. The maximum absolute atomic E-state index is 5.54. The molecule has 0 saturated heterocycles. The molecular formula is C17H24N2OS. The summed E-state index contributed by atoms with van der Waals surface area (Å²) in [4.78, 5) is 5.83. The molecule has 0 fully saturated rings. The molecule has 1 aromatic heterocycles. The summed E-state index contributed by atoms with van der Waals surface area (Å²) >= 11 is 1.78. The van der Waals surface area contributed by atoms with Crippen molar-refractivity contribution in [2.75, 3.05) is 6.61 Å². The van der Waals surface area contributed by atoms with Gasteiger partial charge in [0.1, 0.15) is 0 Å². The van der Waals surface area contributed by atoms with Crippen LogP contribution in [0.2, 0.25) is 0 Å². The lowest BCUT2D eigenvalue weighted by molar-refractivity contribution is 0.133. The van der Waals surface area contributed by atoms with E-state index in [0.717, 1.165) is 23.9 Å². The summed E-state index contributed by atoms with van der Waals surface area (Å²) in [6, 6.07) is 8.77. The third-order valence-electron chi connectivity index (χ3n) is 3.51. The molecule has 1 N–H and O–H groups in total. The highest BCUT2D eigenvalue weighted by molar-refractivity contribution is 7.11. The SMILES string of the molecule is CCOCc1ccccc1CNC(C)c1sc(C)nc1C. The quantitative estimate of drug-likeness (QED) is 0.834. The Hall–Kier alpha value is -1.23. The molecular weight excluding hydrogens is 280 g/mol. The van der Waals surface area contributed by atoms with Crippen molar-refractivity contribution >= 4 is 11.3 Å². The maximum atomic E-state index is 5.54. The molecule has 1 heterocycles. The van der Waals surface area contributed by atoms with Crippen LogP contribution in [-0.4, -0.2) is 11.6 Å². The Kier molecular flexibility index (Phi) is 5.91. The van der Waals surface area contributed by atoms with E-state index in [4.69, 9.17) is 4.74 Å². The lowest BCUT2D eigenvalue weighted by Gasteiger charge is -2.15. The smallest absolute Gasteiger partial charge is 0.0900 e. The Morgan fingerprint density at radius 2 is 1.95 bits per heavy atom. The summed E-state index contributed by atoms with van der Waals surface area (Å²) in [6.07, 6.45) is 0. The van der Waals surface area contributed by atoms with Gasteiger partial charge >= 0.3 is 0 Å². The molecule has 114 valence electrons. The molecule has 0 saturated carbocycles. The zero-order valence-electron chi connectivity index (χ0n) is 13.3. The van der Waals surface area contributed by atoms with Gasteiger partial charge in [-0.15, -0.1) is 11.3 Å². The van der Waals surface area contributed by atoms with Crippen LogP contribution in [0.3, 0.4) is 0 Å². The molecule has 2 aromatic rings. The number of benzene rings is 1. The normalized spacial score (nSPS) is 12.6. The lowest BCUT2D eigenvalue weighted by Crippen LogP contribution is -2.19. The fourth-order valence-electron chi connectivity index (χ4n) is 2.39. The van der Waals surface area contributed by atoms with E-state index in [1.807, 2.05) is 6.92 Å². The molecule has 1 unspecified atom stereocenters. The van der Waals surface area contributed by atoms with Crippen LogP contribution >= 0.6 is 11.3 Å². The van der Waals surface area contributed by atoms with E-state index in [1.165, 1.54) is 16.0 Å². The summed E-state index contributed by atoms with van der Waals surface area (Å²) in [5.74, 6) is 0. The van der Waals surface area contributed by atoms with E-state index < -0.39 is 0 Å². The van der Waals surface area contributed by atoms with Gasteiger partial charge in [0.05, 0.1) is 17.3 Å². The third-order valence-corrected chi connectivity index (χ3v) is 4.77. The summed E-state index contributed by atoms with van der Waals surface area (Å²) in [7, 11) is 0. The van der Waals surface area contributed by atoms with Gasteiger partial charge in [-0.2, -0.15) is 0 Å². The number of aryl methyl sites for hydroxylation is 2. The van der Waals surface area contributed by atoms with Gasteiger partial charge in [0.25, 0.3) is 0 Å². The van der Waals surface area contributed by atoms with Crippen LogP contribution < -0.4 is 5.32 Å². The molecule has 2 rings (SSSR count). The van der Waals surface area contributed by atoms with Crippen molar-refractivity contribution in [1.29, 1.82) is 0 Å². The van der Waals surface area contributed by atoms with Crippen molar-refractivity contribution < 1.29 is 4.74 Å². The first kappa shape index (κ1) is 16.1. The first-order valence-electron chi connectivity index (χ1n) is 7.43. The predicted molar refractivity (Wildman–Crippen MR) is 88.6 cm³/mol. The number of nitrogens with one attached hydrogen (secondary N) is 1. The minimum Gasteiger partial charge on any atom is -0.377 e. The van der Waals surface area contributed by atoms with Gasteiger partial charge in [0.15, 0.2) is 0 Å². The third kappa shape index (κ3) is 4.37. The monoisotopic (exact) mass is 304 g/mol. The number of hydrogen-bond donors (Lipinski definition) is 1. The van der Waals surface area contributed by atoms with Crippen LogP contribution in [0.25, 0.3) is 0 Å². The van der Waals surface area contributed by atoms with Crippen LogP contribution in [0.4, 0.5) is 0 Å². The minimum absolute atomic E-state index is 0.316. The highest BCUT2D eigenvalue weighted by Gasteiger charge is 2.13. The number of nitrogens with zero attached hydrogens (tertiary/aromatic N) is 1. The number of hydrogen-bond acceptors (Lipinski definition) is 4. The average Bonchev–Trinajstić information content (AvgIpc) is 2.82. The van der Waals surface area contributed by atoms with E-state index in [-0.39, 0.29) is 0 Å². The topological polar surface area (TPSA) is 34.1 Å². The Morgan fingerprint density at radius 3 is 2.57 bits per heavy atom. The second-order valence-corrected chi connectivity index (χ2v) is 6.43. The van der Waals surface area contributed by atoms with E-state index in [2.05, 4.69) is 55.3 Å². The van der Waals surface area contributed by atoms with Crippen LogP contribution in [0, 0.1) is 13.8 Å². The first-order chi connectivity index (χ1) is 10.1. The zero-order chi connectivity index (χ0) is 15.2. The molecule has 1 atom stereocenters. The number of thiazole rings is 1. The van der Waals surface area contributed by atoms with E-state index in [9.17, 15) is 0 Å². The van der Waals surface area contributed by atoms with Gasteiger partial charge in [-0.1, -0.05) is 24.3 Å². The average molecular weight is 304 g/mol. The molecule has 0 amide bonds. The van der Waals surface area contributed by atoms with Gasteiger partial charge in [0.2, 0.25) is 0 Å². The fourth-order valence-corrected chi connectivity index (χ4v) is 3.34. The van der Waals surface area contributed by atoms with Gasteiger partial charge in [0, 0.05) is 24.1 Å². The van der Waals surface area contributed by atoms with Crippen molar-refractivity contribution in [3.8, 4) is 0 Å². The van der Waals surface area contributed by atoms with Crippen molar-refractivity contribution in [1.82, 2.24) is 10.3 Å². The summed E-state index contributed by atoms with van der Waals surface area (Å²) in [5.41, 5.74) is 3.70. The van der Waals surface area contributed by atoms with Crippen molar-refractivity contribution in [3.63, 3.8) is 0 Å². The number of aromatic nitrogens is 1. The minimum atomic E-state index is 0.316. The standard InChI is InChI=1S/C17H24N2OS/c1-5-20-11-16-9-7-6-8-15(16)10-18-12(2)17-13(3)19-14(4)21-17/h6-9,12,18H,5,10-11H2,1-4H3. The second kappa shape index (κ2) is 7.69. The second-order valence-electron chi connectivity index (χ2n) is 5.19. The van der Waals surface area contributed by atoms with Crippen molar-refractivity contribution in [2.45, 2.75) is 46.9 Å². The molecule has 3 nitrogen and oxygen atoms in total. The van der Waals surface area contributed by atoms with Gasteiger partial charge in [-0.05, 0) is 38.8 Å². The highest BCUT2D eigenvalue weighted by atomic mass is 32.1. The van der Waals surface area contributed by atoms with E-state index >= 15 is 0 Å². The van der Waals surface area contributed by atoms with E-state index in [1.54, 1.807) is 11.3 Å². The van der Waals surface area contributed by atoms with Crippen LogP contribution in [-0.2, 0) is 17.9 Å². The Morgan fingerprint density at radius 1 is 1.24 bits per heavy atom. The molecule has 1 aromatic carbocycles. The maximum Gasteiger partial charge on any atom is 0.0900 e. The molecule has 0 aliphatic rings. The molecule has 0 aliphatic carbocycles. The molecule has 0 aliphatic heterocycles. The number of rotatable bonds is 7. The van der Waals surface area contributed by atoms with Crippen molar-refractivity contribution in [2.24, 2.45) is 0 Å². The zero-order valence-corrected chi connectivity index (χ0v) is 14.1. The predicted octanol–water partition coefficient (Wildman–Crippen LogP) is 4.15. The van der Waals surface area contributed by atoms with E-state index in [0.29, 0.717) is 12.6 Å². The van der Waals surface area contributed by atoms with Crippen LogP contribution in [0.5, 0.6) is 0 Å². The summed E-state index contributed by atoms with van der Waals surface area (Å²) < 4.78 is 5.54. The molecule has 0 bridgehead atoms. The summed E-state index contributed by atoms with van der Waals surface area (Å²) in [5, 5.41) is 4.73. The Labute approximate surface area is 131 Å². The molecule has 4 heteroatoms. The first-order valence-corrected chi connectivity index (χ1v) is 8.25. The number of ether oxygens (including phenoxy) is 1.